The molecular formula is C11H6ClF3N2O2. The summed E-state index contributed by atoms with van der Waals surface area (Å²) in [5.41, 5.74) is 0. The summed E-state index contributed by atoms with van der Waals surface area (Å²) in [6.45, 7) is 0. The first-order valence-corrected chi connectivity index (χ1v) is 5.30. The molecule has 0 saturated heterocycles. The maximum Gasteiger partial charge on any atom is 0.573 e. The molecule has 2 rings (SSSR count). The molecule has 0 aromatic carbocycles. The summed E-state index contributed by atoms with van der Waals surface area (Å²) in [7, 11) is 0. The summed E-state index contributed by atoms with van der Waals surface area (Å²) >= 11 is 5.65. The lowest BCUT2D eigenvalue weighted by atomic mass is 10.4. The van der Waals surface area contributed by atoms with Crippen LogP contribution in [0, 0.1) is 0 Å². The van der Waals surface area contributed by atoms with Crippen LogP contribution < -0.4 is 9.47 Å². The number of ether oxygens (including phenoxy) is 2. The average Bonchev–Trinajstić information content (AvgIpc) is 2.27. The summed E-state index contributed by atoms with van der Waals surface area (Å²) in [6.07, 6.45) is -1.20. The van der Waals surface area contributed by atoms with Gasteiger partial charge in [0, 0.05) is 18.3 Å². The number of pyridine rings is 2. The zero-order valence-electron chi connectivity index (χ0n) is 9.19. The maximum absolute atomic E-state index is 12.0. The van der Waals surface area contributed by atoms with Gasteiger partial charge in [0.1, 0.15) is 16.7 Å². The SMILES string of the molecule is FC(F)(F)Oc1cncc(Oc2ccnc(Cl)c2)c1. The van der Waals surface area contributed by atoms with E-state index in [-0.39, 0.29) is 10.9 Å². The Hall–Kier alpha value is -2.02. The highest BCUT2D eigenvalue weighted by molar-refractivity contribution is 6.29. The monoisotopic (exact) mass is 290 g/mol. The zero-order chi connectivity index (χ0) is 13.9. The zero-order valence-corrected chi connectivity index (χ0v) is 9.94. The van der Waals surface area contributed by atoms with Crippen LogP contribution in [0.1, 0.15) is 0 Å². The second kappa shape index (κ2) is 5.31. The van der Waals surface area contributed by atoms with Crippen LogP contribution in [-0.2, 0) is 0 Å². The van der Waals surface area contributed by atoms with E-state index < -0.39 is 12.1 Å². The van der Waals surface area contributed by atoms with E-state index in [1.165, 1.54) is 24.5 Å². The van der Waals surface area contributed by atoms with Gasteiger partial charge in [-0.3, -0.25) is 4.98 Å². The van der Waals surface area contributed by atoms with Gasteiger partial charge in [0.25, 0.3) is 0 Å². The van der Waals surface area contributed by atoms with Gasteiger partial charge in [0.2, 0.25) is 0 Å². The Morgan fingerprint density at radius 3 is 2.47 bits per heavy atom. The van der Waals surface area contributed by atoms with E-state index in [9.17, 15) is 13.2 Å². The normalized spacial score (nSPS) is 11.2. The second-order valence-electron chi connectivity index (χ2n) is 3.32. The number of aromatic nitrogens is 2. The van der Waals surface area contributed by atoms with Crippen molar-refractivity contribution in [1.82, 2.24) is 9.97 Å². The van der Waals surface area contributed by atoms with Gasteiger partial charge in [0.15, 0.2) is 5.75 Å². The van der Waals surface area contributed by atoms with E-state index in [0.29, 0.717) is 5.75 Å². The van der Waals surface area contributed by atoms with Gasteiger partial charge in [0.05, 0.1) is 12.4 Å². The molecule has 0 aliphatic heterocycles. The predicted octanol–water partition coefficient (Wildman–Crippen LogP) is 3.82. The molecule has 0 saturated carbocycles. The molecular weight excluding hydrogens is 285 g/mol. The Morgan fingerprint density at radius 1 is 1.05 bits per heavy atom. The van der Waals surface area contributed by atoms with Crippen LogP contribution in [-0.4, -0.2) is 16.3 Å². The van der Waals surface area contributed by atoms with E-state index in [1.54, 1.807) is 0 Å². The standard InChI is InChI=1S/C11H6ClF3N2O2/c12-10-4-7(1-2-17-10)18-8-3-9(6-16-5-8)19-11(13,14)15/h1-6H. The van der Waals surface area contributed by atoms with Crippen molar-refractivity contribution in [2.24, 2.45) is 0 Å². The first-order chi connectivity index (χ1) is 8.92. The Morgan fingerprint density at radius 2 is 1.79 bits per heavy atom. The van der Waals surface area contributed by atoms with Gasteiger partial charge in [-0.25, -0.2) is 4.98 Å². The quantitative estimate of drug-likeness (QED) is 0.806. The second-order valence-corrected chi connectivity index (χ2v) is 3.71. The van der Waals surface area contributed by atoms with Gasteiger partial charge in [-0.1, -0.05) is 11.6 Å². The van der Waals surface area contributed by atoms with E-state index in [0.717, 1.165) is 12.3 Å². The molecule has 2 aromatic heterocycles. The van der Waals surface area contributed by atoms with Gasteiger partial charge in [-0.2, -0.15) is 0 Å². The van der Waals surface area contributed by atoms with Gasteiger partial charge >= 0.3 is 6.36 Å². The van der Waals surface area contributed by atoms with Gasteiger partial charge in [-0.15, -0.1) is 13.2 Å². The topological polar surface area (TPSA) is 44.2 Å². The number of hydrogen-bond donors (Lipinski definition) is 0. The molecule has 2 aromatic rings. The first-order valence-electron chi connectivity index (χ1n) is 4.92. The molecule has 0 aliphatic rings. The fourth-order valence-electron chi connectivity index (χ4n) is 1.23. The molecule has 0 unspecified atom stereocenters. The average molecular weight is 291 g/mol. The molecule has 0 radical (unpaired) electrons. The van der Waals surface area contributed by atoms with Crippen LogP contribution in [0.15, 0.2) is 36.8 Å². The van der Waals surface area contributed by atoms with Crippen molar-refractivity contribution in [3.05, 3.63) is 41.9 Å². The molecule has 8 heteroatoms. The molecule has 0 bridgehead atoms. The Kier molecular flexibility index (Phi) is 3.75. The fourth-order valence-corrected chi connectivity index (χ4v) is 1.39. The summed E-state index contributed by atoms with van der Waals surface area (Å²) in [4.78, 5) is 7.33. The number of halogens is 4. The molecule has 0 N–H and O–H groups in total. The van der Waals surface area contributed by atoms with Crippen molar-refractivity contribution in [2.45, 2.75) is 6.36 Å². The molecule has 100 valence electrons. The van der Waals surface area contributed by atoms with Gasteiger partial charge < -0.3 is 9.47 Å². The summed E-state index contributed by atoms with van der Waals surface area (Å²) in [5, 5.41) is 0.202. The van der Waals surface area contributed by atoms with Crippen LogP contribution in [0.4, 0.5) is 13.2 Å². The van der Waals surface area contributed by atoms with Crippen molar-refractivity contribution in [1.29, 1.82) is 0 Å². The molecule has 0 atom stereocenters. The highest BCUT2D eigenvalue weighted by Crippen LogP contribution is 2.28. The lowest BCUT2D eigenvalue weighted by Gasteiger charge is -2.10. The van der Waals surface area contributed by atoms with Crippen LogP contribution in [0.25, 0.3) is 0 Å². The van der Waals surface area contributed by atoms with E-state index in [4.69, 9.17) is 16.3 Å². The van der Waals surface area contributed by atoms with Gasteiger partial charge in [-0.05, 0) is 6.07 Å². The molecule has 0 fully saturated rings. The molecule has 0 aliphatic carbocycles. The van der Waals surface area contributed by atoms with Crippen LogP contribution in [0.5, 0.6) is 17.2 Å². The number of alkyl halides is 3. The molecule has 2 heterocycles. The fraction of sp³-hybridized carbons (Fsp3) is 0.0909. The Balaban J connectivity index is 2.15. The third-order valence-corrected chi connectivity index (χ3v) is 2.06. The highest BCUT2D eigenvalue weighted by atomic mass is 35.5. The smallest absolute Gasteiger partial charge is 0.455 e. The Labute approximate surface area is 110 Å². The highest BCUT2D eigenvalue weighted by Gasteiger charge is 2.31. The largest absolute Gasteiger partial charge is 0.573 e. The van der Waals surface area contributed by atoms with Crippen molar-refractivity contribution >= 4 is 11.6 Å². The maximum atomic E-state index is 12.0. The number of nitrogens with zero attached hydrogens (tertiary/aromatic N) is 2. The minimum Gasteiger partial charge on any atom is -0.455 e. The van der Waals surface area contributed by atoms with Crippen LogP contribution in [0.2, 0.25) is 5.15 Å². The lowest BCUT2D eigenvalue weighted by Crippen LogP contribution is -2.17. The minimum absolute atomic E-state index is 0.0871. The molecule has 19 heavy (non-hydrogen) atoms. The minimum atomic E-state index is -4.78. The van der Waals surface area contributed by atoms with Crippen LogP contribution in [0.3, 0.4) is 0 Å². The predicted molar refractivity (Wildman–Crippen MR) is 60.2 cm³/mol. The van der Waals surface area contributed by atoms with Crippen molar-refractivity contribution in [2.75, 3.05) is 0 Å². The third-order valence-electron chi connectivity index (χ3n) is 1.86. The molecule has 4 nitrogen and oxygen atoms in total. The molecule has 0 spiro atoms. The van der Waals surface area contributed by atoms with E-state index >= 15 is 0 Å². The van der Waals surface area contributed by atoms with Crippen LogP contribution >= 0.6 is 11.6 Å². The lowest BCUT2D eigenvalue weighted by molar-refractivity contribution is -0.274. The summed E-state index contributed by atoms with van der Waals surface area (Å²) < 4.78 is 45.1. The molecule has 0 amide bonds. The first kappa shape index (κ1) is 13.4. The summed E-state index contributed by atoms with van der Waals surface area (Å²) in [5.74, 6) is -0.0554. The van der Waals surface area contributed by atoms with E-state index in [2.05, 4.69) is 14.7 Å². The van der Waals surface area contributed by atoms with Crippen molar-refractivity contribution in [3.63, 3.8) is 0 Å². The van der Waals surface area contributed by atoms with Crippen molar-refractivity contribution < 1.29 is 22.6 Å². The number of hydrogen-bond acceptors (Lipinski definition) is 4. The summed E-state index contributed by atoms with van der Waals surface area (Å²) in [6, 6.07) is 3.98. The number of rotatable bonds is 3. The Bertz CT molecular complexity index is 578. The van der Waals surface area contributed by atoms with E-state index in [1.807, 2.05) is 0 Å². The van der Waals surface area contributed by atoms with Crippen molar-refractivity contribution in [3.8, 4) is 17.2 Å². The third kappa shape index (κ3) is 4.29.